The molecule has 8 nitrogen and oxygen atoms in total. The highest BCUT2D eigenvalue weighted by Crippen LogP contribution is 2.47. The molecule has 2 aromatic rings. The molecule has 3 heterocycles. The molecule has 8 heteroatoms. The first-order valence-corrected chi connectivity index (χ1v) is 15.2. The van der Waals surface area contributed by atoms with Gasteiger partial charge in [-0.1, -0.05) is 43.0 Å². The van der Waals surface area contributed by atoms with E-state index in [9.17, 15) is 14.7 Å². The smallest absolute Gasteiger partial charge is 0.303 e. The number of benzene rings is 1. The second-order valence-corrected chi connectivity index (χ2v) is 12.3. The first-order valence-electron chi connectivity index (χ1n) is 15.2. The molecule has 0 amide bonds. The second kappa shape index (κ2) is 11.4. The van der Waals surface area contributed by atoms with Crippen LogP contribution < -0.4 is 5.56 Å². The van der Waals surface area contributed by atoms with Crippen LogP contribution in [0.15, 0.2) is 34.2 Å². The Labute approximate surface area is 230 Å². The predicted molar refractivity (Wildman–Crippen MR) is 151 cm³/mol. The molecule has 6 rings (SSSR count). The van der Waals surface area contributed by atoms with Crippen molar-refractivity contribution < 1.29 is 14.7 Å². The first kappa shape index (κ1) is 26.5. The van der Waals surface area contributed by atoms with Crippen LogP contribution in [0.25, 0.3) is 11.0 Å². The molecule has 2 saturated carbocycles. The number of carboxylic acids is 1. The van der Waals surface area contributed by atoms with Crippen LogP contribution in [0, 0.1) is 11.8 Å². The van der Waals surface area contributed by atoms with Crippen molar-refractivity contribution >= 4 is 22.7 Å². The minimum absolute atomic E-state index is 0.0895. The molecule has 1 aromatic heterocycles. The Morgan fingerprint density at radius 2 is 1.64 bits per heavy atom. The van der Waals surface area contributed by atoms with Gasteiger partial charge in [-0.15, -0.1) is 0 Å². The van der Waals surface area contributed by atoms with Crippen molar-refractivity contribution in [3.63, 3.8) is 0 Å². The van der Waals surface area contributed by atoms with Crippen molar-refractivity contribution in [2.24, 2.45) is 17.0 Å². The van der Waals surface area contributed by atoms with Gasteiger partial charge in [0, 0.05) is 30.6 Å². The van der Waals surface area contributed by atoms with E-state index >= 15 is 0 Å². The summed E-state index contributed by atoms with van der Waals surface area (Å²) in [4.78, 5) is 38.4. The molecule has 6 atom stereocenters. The summed E-state index contributed by atoms with van der Waals surface area (Å²) in [5, 5.41) is 13.5. The Hall–Kier alpha value is -2.74. The Morgan fingerprint density at radius 3 is 2.33 bits per heavy atom. The number of hydrogen-bond acceptors (Lipinski definition) is 6. The Bertz CT molecular complexity index is 1260. The van der Waals surface area contributed by atoms with Gasteiger partial charge in [-0.05, 0) is 75.8 Å². The van der Waals surface area contributed by atoms with E-state index in [1.807, 2.05) is 35.8 Å². The van der Waals surface area contributed by atoms with Gasteiger partial charge in [-0.25, -0.2) is 4.98 Å². The fraction of sp³-hybridized carbons (Fsp3) is 0.677. The van der Waals surface area contributed by atoms with Crippen LogP contribution >= 0.6 is 0 Å². The van der Waals surface area contributed by atoms with E-state index in [-0.39, 0.29) is 30.1 Å². The van der Waals surface area contributed by atoms with Crippen LogP contribution in [-0.4, -0.2) is 56.0 Å². The monoisotopic (exact) mass is 534 g/mol. The van der Waals surface area contributed by atoms with Crippen molar-refractivity contribution in [1.82, 2.24) is 14.5 Å². The van der Waals surface area contributed by atoms with Crippen molar-refractivity contribution in [3.8, 4) is 0 Å². The van der Waals surface area contributed by atoms with E-state index in [1.165, 1.54) is 57.8 Å². The highest BCUT2D eigenvalue weighted by atomic mass is 16.6. The molecule has 2 aliphatic heterocycles. The summed E-state index contributed by atoms with van der Waals surface area (Å²) in [6.07, 6.45) is 14.0. The SMILES string of the molecule is CCO/N=C(\CCC(=O)O)c1nc2ccccc2n([C@H]2C[C@H]3CCC[C@@H](C2)N3C2C[C@H]3CCC[C@@H](C2)C3)c1=O. The highest BCUT2D eigenvalue weighted by molar-refractivity contribution is 6.00. The largest absolute Gasteiger partial charge is 0.481 e. The van der Waals surface area contributed by atoms with E-state index in [4.69, 9.17) is 9.82 Å². The van der Waals surface area contributed by atoms with Gasteiger partial charge in [0.05, 0.1) is 17.5 Å². The molecule has 39 heavy (non-hydrogen) atoms. The lowest BCUT2D eigenvalue weighted by molar-refractivity contribution is -0.136. The van der Waals surface area contributed by atoms with Gasteiger partial charge >= 0.3 is 5.97 Å². The topological polar surface area (TPSA) is 97.0 Å². The molecule has 4 aliphatic rings. The zero-order chi connectivity index (χ0) is 26.9. The Kier molecular flexibility index (Phi) is 7.74. The molecule has 2 saturated heterocycles. The maximum Gasteiger partial charge on any atom is 0.303 e. The summed E-state index contributed by atoms with van der Waals surface area (Å²) >= 11 is 0. The number of piperidine rings is 2. The molecule has 4 fully saturated rings. The fourth-order valence-corrected chi connectivity index (χ4v) is 8.42. The number of rotatable bonds is 8. The lowest BCUT2D eigenvalue weighted by Gasteiger charge is -2.55. The lowest BCUT2D eigenvalue weighted by Crippen LogP contribution is -2.58. The lowest BCUT2D eigenvalue weighted by atomic mass is 9.68. The number of oxime groups is 1. The third-order valence-corrected chi connectivity index (χ3v) is 9.84. The number of aliphatic carboxylic acids is 1. The zero-order valence-corrected chi connectivity index (χ0v) is 23.1. The molecule has 2 aliphatic carbocycles. The number of hydrogen-bond donors (Lipinski definition) is 1. The van der Waals surface area contributed by atoms with Crippen LogP contribution in [-0.2, 0) is 9.63 Å². The number of para-hydroxylation sites is 2. The summed E-state index contributed by atoms with van der Waals surface area (Å²) in [5.41, 5.74) is 1.94. The van der Waals surface area contributed by atoms with Crippen LogP contribution in [0.3, 0.4) is 0 Å². The van der Waals surface area contributed by atoms with Gasteiger partial charge in [0.1, 0.15) is 12.3 Å². The molecule has 4 bridgehead atoms. The Balaban J connectivity index is 1.35. The van der Waals surface area contributed by atoms with Gasteiger partial charge < -0.3 is 14.5 Å². The summed E-state index contributed by atoms with van der Waals surface area (Å²) in [7, 11) is 0. The maximum atomic E-state index is 14.2. The van der Waals surface area contributed by atoms with Crippen molar-refractivity contribution in [2.45, 2.75) is 115 Å². The van der Waals surface area contributed by atoms with Crippen LogP contribution in [0.5, 0.6) is 0 Å². The number of aromatic nitrogens is 2. The molecule has 1 aromatic carbocycles. The quantitative estimate of drug-likeness (QED) is 0.353. The van der Waals surface area contributed by atoms with Crippen LogP contribution in [0.4, 0.5) is 0 Å². The average Bonchev–Trinajstić information content (AvgIpc) is 2.92. The summed E-state index contributed by atoms with van der Waals surface area (Å²) in [6.45, 7) is 2.15. The third-order valence-electron chi connectivity index (χ3n) is 9.84. The van der Waals surface area contributed by atoms with E-state index in [0.29, 0.717) is 30.4 Å². The summed E-state index contributed by atoms with van der Waals surface area (Å²) in [5.74, 6) is 0.876. The third kappa shape index (κ3) is 5.37. The van der Waals surface area contributed by atoms with Gasteiger partial charge in [0.25, 0.3) is 5.56 Å². The summed E-state index contributed by atoms with van der Waals surface area (Å²) in [6, 6.07) is 9.64. The minimum Gasteiger partial charge on any atom is -0.481 e. The molecule has 210 valence electrons. The fourth-order valence-electron chi connectivity index (χ4n) is 8.42. The standard InChI is InChI=1S/C31H42N4O4/c1-2-39-33-27(13-14-29(36)37)30-31(38)35(28-12-4-3-11-26(28)32-30)25-18-22-9-6-10-23(19-25)34(22)24-16-20-7-5-8-21(15-20)17-24/h3-4,11-12,20-25H,2,5-10,13-19H2,1H3,(H,36,37)/b33-27+/t20-,21+,22-,23+,24?,25+. The van der Waals surface area contributed by atoms with Crippen LogP contribution in [0.1, 0.15) is 102 Å². The van der Waals surface area contributed by atoms with Crippen molar-refractivity contribution in [3.05, 3.63) is 40.3 Å². The minimum atomic E-state index is -0.938. The molecule has 0 radical (unpaired) electrons. The van der Waals surface area contributed by atoms with Gasteiger partial charge in [-0.2, -0.15) is 0 Å². The van der Waals surface area contributed by atoms with Crippen molar-refractivity contribution in [2.75, 3.05) is 6.61 Å². The first-order chi connectivity index (χ1) is 19.0. The molecule has 1 unspecified atom stereocenters. The van der Waals surface area contributed by atoms with Crippen molar-refractivity contribution in [1.29, 1.82) is 0 Å². The van der Waals surface area contributed by atoms with E-state index in [1.54, 1.807) is 0 Å². The van der Waals surface area contributed by atoms with E-state index < -0.39 is 5.97 Å². The van der Waals surface area contributed by atoms with E-state index in [0.717, 1.165) is 35.7 Å². The number of carboxylic acid groups (broad SMARTS) is 1. The van der Waals surface area contributed by atoms with Gasteiger partial charge in [0.15, 0.2) is 5.69 Å². The zero-order valence-electron chi connectivity index (χ0n) is 23.1. The molecule has 0 spiro atoms. The maximum absolute atomic E-state index is 14.2. The Morgan fingerprint density at radius 1 is 0.949 bits per heavy atom. The average molecular weight is 535 g/mol. The second-order valence-electron chi connectivity index (χ2n) is 12.3. The van der Waals surface area contributed by atoms with Gasteiger partial charge in [-0.3, -0.25) is 14.5 Å². The number of nitrogens with zero attached hydrogens (tertiary/aromatic N) is 4. The van der Waals surface area contributed by atoms with Crippen LogP contribution in [0.2, 0.25) is 0 Å². The van der Waals surface area contributed by atoms with E-state index in [2.05, 4.69) is 10.1 Å². The predicted octanol–water partition coefficient (Wildman–Crippen LogP) is 5.53. The number of carbonyl (C=O) groups is 1. The molecular formula is C31H42N4O4. The highest BCUT2D eigenvalue weighted by Gasteiger charge is 2.45. The normalized spacial score (nSPS) is 31.3. The molecule has 1 N–H and O–H groups in total. The van der Waals surface area contributed by atoms with Gasteiger partial charge in [0.2, 0.25) is 0 Å². The molecular weight excluding hydrogens is 492 g/mol. The number of fused-ring (bicyclic) bond motifs is 5. The summed E-state index contributed by atoms with van der Waals surface area (Å²) < 4.78 is 1.97.